The number of hydrogen-bond acceptors (Lipinski definition) is 4. The van der Waals surface area contributed by atoms with Crippen molar-refractivity contribution in [3.8, 4) is 11.5 Å². The van der Waals surface area contributed by atoms with Crippen LogP contribution in [0.4, 0.5) is 0 Å². The van der Waals surface area contributed by atoms with Gasteiger partial charge in [0.05, 0.1) is 6.54 Å². The summed E-state index contributed by atoms with van der Waals surface area (Å²) in [6, 6.07) is 5.44. The minimum absolute atomic E-state index is 0.0302. The second-order valence-corrected chi connectivity index (χ2v) is 5.67. The quantitative estimate of drug-likeness (QED) is 0.859. The van der Waals surface area contributed by atoms with E-state index in [9.17, 15) is 4.79 Å². The Balaban J connectivity index is 1.78. The van der Waals surface area contributed by atoms with E-state index in [0.29, 0.717) is 17.4 Å². The molecule has 0 aromatic heterocycles. The van der Waals surface area contributed by atoms with E-state index in [1.54, 1.807) is 4.90 Å². The maximum Gasteiger partial charge on any atom is 0.251 e. The summed E-state index contributed by atoms with van der Waals surface area (Å²) in [5.41, 5.74) is 0.969. The maximum absolute atomic E-state index is 12.3. The van der Waals surface area contributed by atoms with Crippen LogP contribution in [0.2, 0.25) is 0 Å². The molecule has 6 heteroatoms. The number of thiocarbonyl (C=S) groups is 1. The molecule has 1 aromatic rings. The molecule has 0 unspecified atom stereocenters. The Bertz CT molecular complexity index is 574. The molecule has 1 amide bonds. The average Bonchev–Trinajstić information content (AvgIpc) is 2.97. The third kappa shape index (κ3) is 2.20. The van der Waals surface area contributed by atoms with E-state index in [1.165, 1.54) is 0 Å². The van der Waals surface area contributed by atoms with Crippen molar-refractivity contribution >= 4 is 23.2 Å². The lowest BCUT2D eigenvalue weighted by molar-refractivity contribution is -0.128. The number of ether oxygens (including phenoxy) is 2. The molecule has 0 saturated carbocycles. The summed E-state index contributed by atoms with van der Waals surface area (Å²) in [5.74, 6) is 1.69. The van der Waals surface area contributed by atoms with E-state index in [0.717, 1.165) is 11.3 Å². The molecule has 1 saturated heterocycles. The zero-order chi connectivity index (χ0) is 14.3. The fraction of sp³-hybridized carbons (Fsp3) is 0.429. The van der Waals surface area contributed by atoms with Gasteiger partial charge in [-0.2, -0.15) is 0 Å². The number of nitrogens with one attached hydrogen (secondary N) is 1. The highest BCUT2D eigenvalue weighted by atomic mass is 32.1. The van der Waals surface area contributed by atoms with Gasteiger partial charge in [0.1, 0.15) is 6.04 Å². The first kappa shape index (κ1) is 13.2. The summed E-state index contributed by atoms with van der Waals surface area (Å²) in [7, 11) is 0. The van der Waals surface area contributed by atoms with Crippen LogP contribution in [0.5, 0.6) is 11.5 Å². The minimum atomic E-state index is -0.225. The third-order valence-corrected chi connectivity index (χ3v) is 3.84. The van der Waals surface area contributed by atoms with E-state index in [2.05, 4.69) is 5.32 Å². The molecule has 2 aliphatic heterocycles. The number of fused-ring (bicyclic) bond motifs is 1. The van der Waals surface area contributed by atoms with Gasteiger partial charge >= 0.3 is 0 Å². The van der Waals surface area contributed by atoms with Crippen molar-refractivity contribution in [2.75, 3.05) is 6.79 Å². The van der Waals surface area contributed by atoms with E-state index >= 15 is 0 Å². The molecule has 1 aromatic carbocycles. The van der Waals surface area contributed by atoms with Crippen LogP contribution in [0, 0.1) is 5.92 Å². The lowest BCUT2D eigenvalue weighted by Crippen LogP contribution is -2.34. The fourth-order valence-electron chi connectivity index (χ4n) is 2.36. The van der Waals surface area contributed by atoms with Gasteiger partial charge in [-0.15, -0.1) is 0 Å². The van der Waals surface area contributed by atoms with Crippen LogP contribution < -0.4 is 14.8 Å². The van der Waals surface area contributed by atoms with Crippen LogP contribution in [-0.2, 0) is 11.3 Å². The normalized spacial score (nSPS) is 20.8. The first-order valence-corrected chi connectivity index (χ1v) is 6.97. The summed E-state index contributed by atoms with van der Waals surface area (Å²) in [6.45, 7) is 4.70. The number of carbonyl (C=O) groups excluding carboxylic acids is 1. The van der Waals surface area contributed by atoms with E-state index in [4.69, 9.17) is 21.7 Å². The van der Waals surface area contributed by atoms with Gasteiger partial charge in [0, 0.05) is 0 Å². The van der Waals surface area contributed by atoms with Gasteiger partial charge in [-0.25, -0.2) is 0 Å². The second kappa shape index (κ2) is 4.94. The monoisotopic (exact) mass is 292 g/mol. The van der Waals surface area contributed by atoms with Crippen LogP contribution in [0.1, 0.15) is 19.4 Å². The molecular formula is C14H16N2O3S. The highest BCUT2D eigenvalue weighted by Crippen LogP contribution is 2.33. The van der Waals surface area contributed by atoms with Crippen molar-refractivity contribution in [2.24, 2.45) is 5.92 Å². The molecule has 0 bridgehead atoms. The molecule has 3 rings (SSSR count). The number of rotatable bonds is 3. The fourth-order valence-corrected chi connectivity index (χ4v) is 2.65. The zero-order valence-electron chi connectivity index (χ0n) is 11.4. The van der Waals surface area contributed by atoms with E-state index in [1.807, 2.05) is 32.0 Å². The van der Waals surface area contributed by atoms with Gasteiger partial charge < -0.3 is 14.8 Å². The van der Waals surface area contributed by atoms with Crippen LogP contribution in [0.15, 0.2) is 18.2 Å². The molecule has 5 nitrogen and oxygen atoms in total. The molecule has 106 valence electrons. The SMILES string of the molecule is CC(C)[C@@H]1NC(=S)N(Cc2ccc3c(c2)OCO3)C1=O. The van der Waals surface area contributed by atoms with Gasteiger partial charge in [-0.3, -0.25) is 9.69 Å². The Morgan fingerprint density at radius 2 is 2.15 bits per heavy atom. The molecule has 20 heavy (non-hydrogen) atoms. The summed E-state index contributed by atoms with van der Waals surface area (Å²) < 4.78 is 10.6. The van der Waals surface area contributed by atoms with Gasteiger partial charge in [0.25, 0.3) is 5.91 Å². The molecular weight excluding hydrogens is 276 g/mol. The zero-order valence-corrected chi connectivity index (χ0v) is 12.2. The smallest absolute Gasteiger partial charge is 0.251 e. The van der Waals surface area contributed by atoms with Crippen LogP contribution in [-0.4, -0.2) is 28.8 Å². The molecule has 1 N–H and O–H groups in total. The van der Waals surface area contributed by atoms with Crippen molar-refractivity contribution in [3.63, 3.8) is 0 Å². The van der Waals surface area contributed by atoms with Crippen molar-refractivity contribution < 1.29 is 14.3 Å². The third-order valence-electron chi connectivity index (χ3n) is 3.50. The Morgan fingerprint density at radius 1 is 1.40 bits per heavy atom. The number of hydrogen-bond donors (Lipinski definition) is 1. The van der Waals surface area contributed by atoms with Crippen molar-refractivity contribution in [2.45, 2.75) is 26.4 Å². The van der Waals surface area contributed by atoms with Crippen molar-refractivity contribution in [3.05, 3.63) is 23.8 Å². The average molecular weight is 292 g/mol. The highest BCUT2D eigenvalue weighted by Gasteiger charge is 2.37. The Morgan fingerprint density at radius 3 is 2.85 bits per heavy atom. The van der Waals surface area contributed by atoms with Gasteiger partial charge in [-0.05, 0) is 35.8 Å². The van der Waals surface area contributed by atoms with Crippen LogP contribution in [0.25, 0.3) is 0 Å². The van der Waals surface area contributed by atoms with Crippen molar-refractivity contribution in [1.29, 1.82) is 0 Å². The summed E-state index contributed by atoms with van der Waals surface area (Å²) in [6.07, 6.45) is 0. The predicted octanol–water partition coefficient (Wildman–Crippen LogP) is 1.66. The molecule has 1 atom stereocenters. The first-order valence-electron chi connectivity index (χ1n) is 6.56. The molecule has 2 heterocycles. The molecule has 1 fully saturated rings. The van der Waals surface area contributed by atoms with Crippen molar-refractivity contribution in [1.82, 2.24) is 10.2 Å². The van der Waals surface area contributed by atoms with E-state index < -0.39 is 0 Å². The number of carbonyl (C=O) groups is 1. The topological polar surface area (TPSA) is 50.8 Å². The van der Waals surface area contributed by atoms with Gasteiger partial charge in [0.2, 0.25) is 6.79 Å². The minimum Gasteiger partial charge on any atom is -0.454 e. The van der Waals surface area contributed by atoms with Gasteiger partial charge in [-0.1, -0.05) is 19.9 Å². The molecule has 2 aliphatic rings. The molecule has 0 aliphatic carbocycles. The summed E-state index contributed by atoms with van der Waals surface area (Å²) >= 11 is 5.25. The Kier molecular flexibility index (Phi) is 3.25. The largest absolute Gasteiger partial charge is 0.454 e. The molecule has 0 spiro atoms. The lowest BCUT2D eigenvalue weighted by Gasteiger charge is -2.16. The summed E-state index contributed by atoms with van der Waals surface area (Å²) in [5, 5.41) is 3.57. The van der Waals surface area contributed by atoms with Crippen LogP contribution in [0.3, 0.4) is 0 Å². The first-order chi connectivity index (χ1) is 9.56. The summed E-state index contributed by atoms with van der Waals surface area (Å²) in [4.78, 5) is 13.9. The van der Waals surface area contributed by atoms with Crippen LogP contribution >= 0.6 is 12.2 Å². The lowest BCUT2D eigenvalue weighted by atomic mass is 10.0. The number of nitrogens with zero attached hydrogens (tertiary/aromatic N) is 1. The number of benzene rings is 1. The number of amides is 1. The second-order valence-electron chi connectivity index (χ2n) is 5.28. The molecule has 0 radical (unpaired) electrons. The maximum atomic E-state index is 12.3. The highest BCUT2D eigenvalue weighted by molar-refractivity contribution is 7.80. The predicted molar refractivity (Wildman–Crippen MR) is 77.5 cm³/mol. The van der Waals surface area contributed by atoms with E-state index in [-0.39, 0.29) is 24.7 Å². The van der Waals surface area contributed by atoms with Gasteiger partial charge in [0.15, 0.2) is 16.6 Å². The standard InChI is InChI=1S/C14H16N2O3S/c1-8(2)12-13(17)16(14(20)15-12)6-9-3-4-10-11(5-9)19-7-18-10/h3-5,8,12H,6-7H2,1-2H3,(H,15,20)/t12-/m0/s1. The Labute approximate surface area is 122 Å². The Hall–Kier alpha value is -1.82.